The Bertz CT molecular complexity index is 928. The third-order valence-electron chi connectivity index (χ3n) is 4.66. The summed E-state index contributed by atoms with van der Waals surface area (Å²) in [6.07, 6.45) is 7.26. The number of halogens is 1. The van der Waals surface area contributed by atoms with Crippen LogP contribution in [0.2, 0.25) is 0 Å². The Morgan fingerprint density at radius 2 is 1.56 bits per heavy atom. The normalized spacial score (nSPS) is 16.3. The molecule has 1 aliphatic rings. The lowest BCUT2D eigenvalue weighted by atomic mass is 10.1. The van der Waals surface area contributed by atoms with Crippen LogP contribution in [0.25, 0.3) is 6.08 Å². The van der Waals surface area contributed by atoms with Gasteiger partial charge in [-0.3, -0.25) is 4.79 Å². The summed E-state index contributed by atoms with van der Waals surface area (Å²) in [5, 5.41) is 0. The van der Waals surface area contributed by atoms with Crippen molar-refractivity contribution < 1.29 is 13.2 Å². The molecule has 6 heteroatoms. The smallest absolute Gasteiger partial charge is 0.243 e. The molecule has 0 radical (unpaired) electrons. The average molecular weight is 495 g/mol. The van der Waals surface area contributed by atoms with Crippen LogP contribution in [0.15, 0.2) is 59.5 Å². The van der Waals surface area contributed by atoms with Gasteiger partial charge in [-0.05, 0) is 77.4 Å². The number of sulfonamides is 1. The molecule has 0 amide bonds. The van der Waals surface area contributed by atoms with E-state index in [4.69, 9.17) is 0 Å². The van der Waals surface area contributed by atoms with Gasteiger partial charge in [0.25, 0.3) is 0 Å². The number of allylic oxidation sites excluding steroid dienone is 1. The first kappa shape index (κ1) is 20.2. The average Bonchev–Trinajstić information content (AvgIpc) is 2.97. The molecule has 27 heavy (non-hydrogen) atoms. The number of rotatable bonds is 5. The third kappa shape index (κ3) is 5.06. The lowest BCUT2D eigenvalue weighted by Gasteiger charge is -2.19. The second-order valence-corrected chi connectivity index (χ2v) is 9.66. The van der Waals surface area contributed by atoms with E-state index in [1.54, 1.807) is 22.5 Å². The van der Waals surface area contributed by atoms with Gasteiger partial charge in [0, 0.05) is 22.2 Å². The van der Waals surface area contributed by atoms with Gasteiger partial charge >= 0.3 is 0 Å². The highest BCUT2D eigenvalue weighted by atomic mass is 127. The zero-order valence-electron chi connectivity index (χ0n) is 15.0. The fraction of sp³-hybridized carbons (Fsp3) is 0.286. The molecule has 0 aromatic heterocycles. The van der Waals surface area contributed by atoms with E-state index in [1.807, 2.05) is 24.3 Å². The van der Waals surface area contributed by atoms with E-state index in [1.165, 1.54) is 18.2 Å². The predicted octanol–water partition coefficient (Wildman–Crippen LogP) is 4.75. The molecule has 0 unspecified atom stereocenters. The number of nitrogens with zero attached hydrogens (tertiary/aromatic N) is 1. The summed E-state index contributed by atoms with van der Waals surface area (Å²) in [4.78, 5) is 12.6. The van der Waals surface area contributed by atoms with Crippen molar-refractivity contribution in [3.8, 4) is 0 Å². The maximum Gasteiger partial charge on any atom is 0.243 e. The van der Waals surface area contributed by atoms with Crippen molar-refractivity contribution in [3.05, 3.63) is 69.3 Å². The first-order valence-corrected chi connectivity index (χ1v) is 11.6. The number of benzene rings is 2. The molecule has 1 heterocycles. The Morgan fingerprint density at radius 1 is 0.926 bits per heavy atom. The van der Waals surface area contributed by atoms with Gasteiger partial charge in [0.15, 0.2) is 5.78 Å². The lowest BCUT2D eigenvalue weighted by molar-refractivity contribution is 0.104. The van der Waals surface area contributed by atoms with Gasteiger partial charge in [-0.25, -0.2) is 8.42 Å². The minimum absolute atomic E-state index is 0.145. The van der Waals surface area contributed by atoms with Gasteiger partial charge in [-0.15, -0.1) is 0 Å². The summed E-state index contributed by atoms with van der Waals surface area (Å²) in [6.45, 7) is 1.14. The van der Waals surface area contributed by atoms with Crippen LogP contribution >= 0.6 is 22.6 Å². The van der Waals surface area contributed by atoms with Crippen molar-refractivity contribution >= 4 is 44.5 Å². The van der Waals surface area contributed by atoms with Crippen LogP contribution in [0, 0.1) is 3.57 Å². The molecule has 4 nitrogen and oxygen atoms in total. The molecule has 1 aliphatic heterocycles. The number of carbonyl (C=O) groups is 1. The molecular formula is C21H22INO3S. The molecule has 0 spiro atoms. The van der Waals surface area contributed by atoms with Crippen molar-refractivity contribution in [1.29, 1.82) is 0 Å². The Hall–Kier alpha value is -1.51. The predicted molar refractivity (Wildman–Crippen MR) is 116 cm³/mol. The zero-order valence-corrected chi connectivity index (χ0v) is 17.9. The molecule has 1 fully saturated rings. The minimum Gasteiger partial charge on any atom is -0.289 e. The monoisotopic (exact) mass is 495 g/mol. The summed E-state index contributed by atoms with van der Waals surface area (Å²) in [5.74, 6) is -0.145. The van der Waals surface area contributed by atoms with Crippen LogP contribution in [0.3, 0.4) is 0 Å². The third-order valence-corrected chi connectivity index (χ3v) is 7.56. The standard InChI is InChI=1S/C21H22INO3S/c22-20-8-4-3-7-17(20)11-14-21(24)18-9-12-19(13-10-18)27(25,26)23-15-5-1-2-6-16-23/h3-4,7-14H,1-2,5-6,15-16H2/b14-11+. The van der Waals surface area contributed by atoms with Crippen molar-refractivity contribution in [2.24, 2.45) is 0 Å². The van der Waals surface area contributed by atoms with Gasteiger partial charge in [0.1, 0.15) is 0 Å². The van der Waals surface area contributed by atoms with Gasteiger partial charge in [-0.2, -0.15) is 4.31 Å². The summed E-state index contributed by atoms with van der Waals surface area (Å²) in [6, 6.07) is 14.1. The summed E-state index contributed by atoms with van der Waals surface area (Å²) in [5.41, 5.74) is 1.46. The molecule has 0 saturated carbocycles. The van der Waals surface area contributed by atoms with Gasteiger partial charge < -0.3 is 0 Å². The molecule has 0 N–H and O–H groups in total. The van der Waals surface area contributed by atoms with Gasteiger partial charge in [0.05, 0.1) is 4.90 Å². The molecule has 2 aromatic carbocycles. The first-order valence-electron chi connectivity index (χ1n) is 9.05. The highest BCUT2D eigenvalue weighted by Gasteiger charge is 2.25. The Morgan fingerprint density at radius 3 is 2.19 bits per heavy atom. The molecular weight excluding hydrogens is 473 g/mol. The molecule has 0 aliphatic carbocycles. The van der Waals surface area contributed by atoms with Crippen LogP contribution < -0.4 is 0 Å². The van der Waals surface area contributed by atoms with Crippen LogP contribution in [-0.4, -0.2) is 31.6 Å². The minimum atomic E-state index is -3.49. The molecule has 142 valence electrons. The molecule has 2 aromatic rings. The quantitative estimate of drug-likeness (QED) is 0.342. The Balaban J connectivity index is 1.74. The van der Waals surface area contributed by atoms with E-state index in [0.29, 0.717) is 18.7 Å². The fourth-order valence-electron chi connectivity index (χ4n) is 3.09. The molecule has 1 saturated heterocycles. The number of hydrogen-bond donors (Lipinski definition) is 0. The molecule has 3 rings (SSSR count). The highest BCUT2D eigenvalue weighted by molar-refractivity contribution is 14.1. The van der Waals surface area contributed by atoms with E-state index in [-0.39, 0.29) is 10.7 Å². The van der Waals surface area contributed by atoms with Crippen LogP contribution in [0.1, 0.15) is 41.6 Å². The second kappa shape index (κ2) is 9.12. The van der Waals surface area contributed by atoms with Crippen molar-refractivity contribution in [2.75, 3.05) is 13.1 Å². The van der Waals surface area contributed by atoms with Crippen LogP contribution in [-0.2, 0) is 10.0 Å². The van der Waals surface area contributed by atoms with Crippen LogP contribution in [0.5, 0.6) is 0 Å². The number of carbonyl (C=O) groups excluding carboxylic acids is 1. The Kier molecular flexibility index (Phi) is 6.83. The van der Waals surface area contributed by atoms with Crippen molar-refractivity contribution in [3.63, 3.8) is 0 Å². The second-order valence-electron chi connectivity index (χ2n) is 6.56. The van der Waals surface area contributed by atoms with E-state index in [0.717, 1.165) is 34.8 Å². The van der Waals surface area contributed by atoms with Crippen molar-refractivity contribution in [2.45, 2.75) is 30.6 Å². The first-order chi connectivity index (χ1) is 13.0. The SMILES string of the molecule is O=C(/C=C/c1ccccc1I)c1ccc(S(=O)(=O)N2CCCCCC2)cc1. The fourth-order valence-corrected chi connectivity index (χ4v) is 5.18. The van der Waals surface area contributed by atoms with E-state index < -0.39 is 10.0 Å². The maximum absolute atomic E-state index is 12.8. The molecule has 0 atom stereocenters. The zero-order chi connectivity index (χ0) is 19.3. The summed E-state index contributed by atoms with van der Waals surface area (Å²) < 4.78 is 28.2. The molecule has 0 bridgehead atoms. The number of hydrogen-bond acceptors (Lipinski definition) is 3. The highest BCUT2D eigenvalue weighted by Crippen LogP contribution is 2.21. The van der Waals surface area contributed by atoms with E-state index in [9.17, 15) is 13.2 Å². The topological polar surface area (TPSA) is 54.5 Å². The maximum atomic E-state index is 12.8. The van der Waals surface area contributed by atoms with Crippen molar-refractivity contribution in [1.82, 2.24) is 4.31 Å². The van der Waals surface area contributed by atoms with E-state index >= 15 is 0 Å². The Labute approximate surface area is 174 Å². The van der Waals surface area contributed by atoms with Gasteiger partial charge in [-0.1, -0.05) is 37.1 Å². The van der Waals surface area contributed by atoms with Crippen LogP contribution in [0.4, 0.5) is 0 Å². The summed E-state index contributed by atoms with van der Waals surface area (Å²) >= 11 is 2.22. The lowest BCUT2D eigenvalue weighted by Crippen LogP contribution is -2.31. The largest absolute Gasteiger partial charge is 0.289 e. The number of ketones is 1. The summed E-state index contributed by atoms with van der Waals surface area (Å²) in [7, 11) is -3.49. The van der Waals surface area contributed by atoms with E-state index in [2.05, 4.69) is 22.6 Å². The van der Waals surface area contributed by atoms with Gasteiger partial charge in [0.2, 0.25) is 10.0 Å².